The third-order valence-electron chi connectivity index (χ3n) is 4.88. The molecule has 34 heavy (non-hydrogen) atoms. The highest BCUT2D eigenvalue weighted by molar-refractivity contribution is 6.54. The van der Waals surface area contributed by atoms with E-state index in [0.29, 0.717) is 28.3 Å². The molecular weight excluding hydrogens is 436 g/mol. The molecule has 0 unspecified atom stereocenters. The average Bonchev–Trinajstić information content (AvgIpc) is 3.10. The topological polar surface area (TPSA) is 121 Å². The van der Waals surface area contributed by atoms with Crippen LogP contribution in [-0.4, -0.2) is 48.0 Å². The summed E-state index contributed by atoms with van der Waals surface area (Å²) in [6.07, 6.45) is 1.38. The molecule has 170 valence electrons. The zero-order valence-electron chi connectivity index (χ0n) is 17.9. The minimum atomic E-state index is -1.10. The molecule has 3 aromatic carbocycles. The van der Waals surface area contributed by atoms with E-state index >= 15 is 0 Å². The lowest BCUT2D eigenvalue weighted by Gasteiger charge is -2.16. The Hall–Kier alpha value is -4.79. The van der Waals surface area contributed by atoms with Gasteiger partial charge in [-0.25, -0.2) is 4.79 Å². The maximum Gasteiger partial charge on any atom is 0.341 e. The number of amides is 2. The standard InChI is InChI=1S/C25H20N4O5/c30-22(27-18-9-2-1-3-10-18)15-29-20-12-6-5-11-19(20)24(25(29)33)28-26-14-17-8-4-7-13-21(17)34-16-23(31)32/h1-14H,15-16H2,(H,27,30)(H,31,32)/b26-14-,28-24+. The van der Waals surface area contributed by atoms with Crippen LogP contribution in [0.5, 0.6) is 5.75 Å². The van der Waals surface area contributed by atoms with Gasteiger partial charge in [0.15, 0.2) is 12.3 Å². The predicted octanol–water partition coefficient (Wildman–Crippen LogP) is 2.96. The Labute approximate surface area is 195 Å². The molecule has 0 saturated heterocycles. The fraction of sp³-hybridized carbons (Fsp3) is 0.0800. The fourth-order valence-electron chi connectivity index (χ4n) is 3.39. The molecule has 2 N–H and O–H groups in total. The first-order valence-corrected chi connectivity index (χ1v) is 10.3. The summed E-state index contributed by atoms with van der Waals surface area (Å²) in [5.41, 5.74) is 2.37. The Kier molecular flexibility index (Phi) is 6.73. The van der Waals surface area contributed by atoms with Crippen molar-refractivity contribution in [3.8, 4) is 5.75 Å². The normalized spacial score (nSPS) is 13.8. The zero-order valence-corrected chi connectivity index (χ0v) is 17.9. The zero-order chi connectivity index (χ0) is 23.9. The minimum Gasteiger partial charge on any atom is -0.481 e. The largest absolute Gasteiger partial charge is 0.481 e. The van der Waals surface area contributed by atoms with Gasteiger partial charge in [0.25, 0.3) is 5.91 Å². The maximum absolute atomic E-state index is 13.1. The number of carboxylic acids is 1. The Morgan fingerprint density at radius 2 is 1.68 bits per heavy atom. The minimum absolute atomic E-state index is 0.100. The van der Waals surface area contributed by atoms with E-state index in [9.17, 15) is 14.4 Å². The highest BCUT2D eigenvalue weighted by atomic mass is 16.5. The fourth-order valence-corrected chi connectivity index (χ4v) is 3.39. The number of hydrogen-bond acceptors (Lipinski definition) is 6. The number of para-hydroxylation sites is 3. The molecule has 4 rings (SSSR count). The number of ether oxygens (including phenoxy) is 1. The molecule has 0 aliphatic carbocycles. The van der Waals surface area contributed by atoms with E-state index in [1.54, 1.807) is 72.8 Å². The third kappa shape index (κ3) is 5.16. The Balaban J connectivity index is 1.54. The number of carbonyl (C=O) groups excluding carboxylic acids is 2. The number of anilines is 2. The first-order chi connectivity index (χ1) is 16.5. The molecule has 0 aromatic heterocycles. The number of carboxylic acid groups (broad SMARTS) is 1. The number of benzene rings is 3. The molecular formula is C25H20N4O5. The molecule has 9 nitrogen and oxygen atoms in total. The van der Waals surface area contributed by atoms with Gasteiger partial charge >= 0.3 is 5.97 Å². The summed E-state index contributed by atoms with van der Waals surface area (Å²) in [7, 11) is 0. The van der Waals surface area contributed by atoms with Crippen LogP contribution >= 0.6 is 0 Å². The number of rotatable bonds is 8. The first-order valence-electron chi connectivity index (χ1n) is 10.3. The number of hydrogen-bond donors (Lipinski definition) is 2. The number of carbonyl (C=O) groups is 3. The van der Waals surface area contributed by atoms with Crippen molar-refractivity contribution >= 4 is 41.1 Å². The molecule has 1 aliphatic rings. The van der Waals surface area contributed by atoms with Crippen LogP contribution < -0.4 is 15.0 Å². The van der Waals surface area contributed by atoms with Crippen LogP contribution in [0.2, 0.25) is 0 Å². The first kappa shape index (κ1) is 22.4. The van der Waals surface area contributed by atoms with Crippen LogP contribution in [0, 0.1) is 0 Å². The van der Waals surface area contributed by atoms with Gasteiger partial charge in [0.2, 0.25) is 5.91 Å². The lowest BCUT2D eigenvalue weighted by molar-refractivity contribution is -0.139. The van der Waals surface area contributed by atoms with Crippen LogP contribution in [-0.2, 0) is 14.4 Å². The second-order valence-corrected chi connectivity index (χ2v) is 7.24. The van der Waals surface area contributed by atoms with Crippen LogP contribution in [0.4, 0.5) is 11.4 Å². The van der Waals surface area contributed by atoms with Crippen LogP contribution in [0.3, 0.4) is 0 Å². The van der Waals surface area contributed by atoms with Gasteiger partial charge in [-0.1, -0.05) is 48.5 Å². The monoisotopic (exact) mass is 456 g/mol. The van der Waals surface area contributed by atoms with E-state index in [-0.39, 0.29) is 18.2 Å². The van der Waals surface area contributed by atoms with Crippen molar-refractivity contribution in [1.82, 2.24) is 0 Å². The van der Waals surface area contributed by atoms with Gasteiger partial charge in [-0.3, -0.25) is 14.5 Å². The second kappa shape index (κ2) is 10.2. The van der Waals surface area contributed by atoms with Crippen LogP contribution in [0.1, 0.15) is 11.1 Å². The predicted molar refractivity (Wildman–Crippen MR) is 128 cm³/mol. The molecule has 0 spiro atoms. The van der Waals surface area contributed by atoms with Gasteiger partial charge in [-0.15, -0.1) is 5.10 Å². The summed E-state index contributed by atoms with van der Waals surface area (Å²) in [6.45, 7) is -0.676. The maximum atomic E-state index is 13.1. The quantitative estimate of drug-likeness (QED) is 0.399. The van der Waals surface area contributed by atoms with E-state index in [1.807, 2.05) is 6.07 Å². The SMILES string of the molecule is O=C(O)COc1ccccc1/C=N\N=C1\C(=O)N(CC(=O)Nc2ccccc2)c2ccccc21. The van der Waals surface area contributed by atoms with E-state index in [4.69, 9.17) is 9.84 Å². The van der Waals surface area contributed by atoms with Crippen molar-refractivity contribution in [3.63, 3.8) is 0 Å². The smallest absolute Gasteiger partial charge is 0.341 e. The van der Waals surface area contributed by atoms with Crippen molar-refractivity contribution in [2.45, 2.75) is 0 Å². The second-order valence-electron chi connectivity index (χ2n) is 7.24. The molecule has 1 heterocycles. The molecule has 0 radical (unpaired) electrons. The van der Waals surface area contributed by atoms with Crippen LogP contribution in [0.15, 0.2) is 89.1 Å². The summed E-state index contributed by atoms with van der Waals surface area (Å²) in [6, 6.07) is 22.7. The van der Waals surface area contributed by atoms with Gasteiger partial charge in [-0.2, -0.15) is 5.10 Å². The molecule has 3 aromatic rings. The molecule has 0 saturated carbocycles. The van der Waals surface area contributed by atoms with E-state index in [2.05, 4.69) is 15.5 Å². The van der Waals surface area contributed by atoms with Gasteiger partial charge < -0.3 is 15.2 Å². The summed E-state index contributed by atoms with van der Waals surface area (Å²) in [4.78, 5) is 37.8. The average molecular weight is 456 g/mol. The number of aliphatic carboxylic acids is 1. The van der Waals surface area contributed by atoms with Crippen molar-refractivity contribution in [2.24, 2.45) is 10.2 Å². The Bertz CT molecular complexity index is 1290. The number of nitrogens with zero attached hydrogens (tertiary/aromatic N) is 3. The van der Waals surface area contributed by atoms with Gasteiger partial charge in [0.05, 0.1) is 11.9 Å². The Morgan fingerprint density at radius 3 is 2.47 bits per heavy atom. The lowest BCUT2D eigenvalue weighted by Crippen LogP contribution is -2.37. The molecule has 0 atom stereocenters. The van der Waals surface area contributed by atoms with Crippen molar-refractivity contribution in [2.75, 3.05) is 23.4 Å². The summed E-state index contributed by atoms with van der Waals surface area (Å²) < 4.78 is 5.25. The molecule has 0 fully saturated rings. The number of nitrogens with one attached hydrogen (secondary N) is 1. The molecule has 2 amide bonds. The lowest BCUT2D eigenvalue weighted by atomic mass is 10.1. The molecule has 1 aliphatic heterocycles. The molecule has 9 heteroatoms. The van der Waals surface area contributed by atoms with Crippen molar-refractivity contribution < 1.29 is 24.2 Å². The van der Waals surface area contributed by atoms with E-state index in [1.165, 1.54) is 11.1 Å². The highest BCUT2D eigenvalue weighted by Crippen LogP contribution is 2.29. The van der Waals surface area contributed by atoms with Crippen LogP contribution in [0.25, 0.3) is 0 Å². The van der Waals surface area contributed by atoms with Crippen molar-refractivity contribution in [1.29, 1.82) is 0 Å². The molecule has 0 bridgehead atoms. The van der Waals surface area contributed by atoms with E-state index in [0.717, 1.165) is 0 Å². The summed E-state index contributed by atoms with van der Waals surface area (Å²) in [5.74, 6) is -1.57. The number of fused-ring (bicyclic) bond motifs is 1. The van der Waals surface area contributed by atoms with Gasteiger partial charge in [0, 0.05) is 16.8 Å². The van der Waals surface area contributed by atoms with Gasteiger partial charge in [0.1, 0.15) is 12.3 Å². The van der Waals surface area contributed by atoms with Crippen molar-refractivity contribution in [3.05, 3.63) is 90.0 Å². The summed E-state index contributed by atoms with van der Waals surface area (Å²) >= 11 is 0. The Morgan fingerprint density at radius 1 is 0.971 bits per heavy atom. The van der Waals surface area contributed by atoms with Gasteiger partial charge in [-0.05, 0) is 30.3 Å². The highest BCUT2D eigenvalue weighted by Gasteiger charge is 2.35. The summed E-state index contributed by atoms with van der Waals surface area (Å²) in [5, 5.41) is 19.7. The van der Waals surface area contributed by atoms with E-state index < -0.39 is 18.5 Å². The third-order valence-corrected chi connectivity index (χ3v) is 4.88.